The molecule has 21 heavy (non-hydrogen) atoms. The Labute approximate surface area is 125 Å². The number of primary amides is 1. The standard InChI is InChI=1S/C15H23N3O3/c1-2-3-4-5-10-17-15(20)18-12-6-8-13(9-7-12)21-11-14(16)19/h6-9H,2-5,10-11H2,1H3,(H2,16,19)(H2,17,18,20). The molecule has 6 heteroatoms. The lowest BCUT2D eigenvalue weighted by Gasteiger charge is -2.08. The van der Waals surface area contributed by atoms with E-state index in [4.69, 9.17) is 10.5 Å². The predicted octanol–water partition coefficient (Wildman–Crippen LogP) is 2.25. The van der Waals surface area contributed by atoms with Gasteiger partial charge in [0.25, 0.3) is 5.91 Å². The highest BCUT2D eigenvalue weighted by Gasteiger charge is 2.02. The van der Waals surface area contributed by atoms with E-state index in [2.05, 4.69) is 17.6 Å². The van der Waals surface area contributed by atoms with Crippen LogP contribution >= 0.6 is 0 Å². The Kier molecular flexibility index (Phi) is 7.71. The van der Waals surface area contributed by atoms with Crippen molar-refractivity contribution in [3.8, 4) is 5.75 Å². The number of anilines is 1. The summed E-state index contributed by atoms with van der Waals surface area (Å²) >= 11 is 0. The highest BCUT2D eigenvalue weighted by molar-refractivity contribution is 5.89. The van der Waals surface area contributed by atoms with Gasteiger partial charge in [0.15, 0.2) is 6.61 Å². The smallest absolute Gasteiger partial charge is 0.319 e. The summed E-state index contributed by atoms with van der Waals surface area (Å²) < 4.78 is 5.13. The number of rotatable bonds is 9. The van der Waals surface area contributed by atoms with Gasteiger partial charge in [-0.15, -0.1) is 0 Å². The molecule has 0 fully saturated rings. The first-order chi connectivity index (χ1) is 10.1. The monoisotopic (exact) mass is 293 g/mol. The Morgan fingerprint density at radius 2 is 1.86 bits per heavy atom. The molecule has 0 saturated heterocycles. The van der Waals surface area contributed by atoms with E-state index in [9.17, 15) is 9.59 Å². The molecule has 0 bridgehead atoms. The SMILES string of the molecule is CCCCCCNC(=O)Nc1ccc(OCC(N)=O)cc1. The Hall–Kier alpha value is -2.24. The fourth-order valence-electron chi connectivity index (χ4n) is 1.72. The first-order valence-electron chi connectivity index (χ1n) is 7.18. The molecular formula is C15H23N3O3. The molecule has 1 rings (SSSR count). The molecule has 0 aliphatic heterocycles. The number of unbranched alkanes of at least 4 members (excludes halogenated alkanes) is 3. The van der Waals surface area contributed by atoms with Crippen LogP contribution in [-0.2, 0) is 4.79 Å². The van der Waals surface area contributed by atoms with E-state index in [0.717, 1.165) is 12.8 Å². The molecule has 1 aromatic rings. The lowest BCUT2D eigenvalue weighted by molar-refractivity contribution is -0.119. The number of nitrogens with one attached hydrogen (secondary N) is 2. The minimum absolute atomic E-state index is 0.162. The summed E-state index contributed by atoms with van der Waals surface area (Å²) in [5.41, 5.74) is 5.64. The van der Waals surface area contributed by atoms with Crippen LogP contribution in [0.2, 0.25) is 0 Å². The van der Waals surface area contributed by atoms with E-state index in [1.807, 2.05) is 0 Å². The fourth-order valence-corrected chi connectivity index (χ4v) is 1.72. The molecule has 6 nitrogen and oxygen atoms in total. The Bertz CT molecular complexity index is 446. The second-order valence-electron chi connectivity index (χ2n) is 4.72. The number of carbonyl (C=O) groups is 2. The molecule has 1 aromatic carbocycles. The van der Waals surface area contributed by atoms with E-state index in [1.54, 1.807) is 24.3 Å². The molecule has 0 aromatic heterocycles. The normalized spacial score (nSPS) is 9.95. The quantitative estimate of drug-likeness (QED) is 0.610. The molecule has 4 N–H and O–H groups in total. The first-order valence-corrected chi connectivity index (χ1v) is 7.18. The second kappa shape index (κ2) is 9.63. The van der Waals surface area contributed by atoms with Gasteiger partial charge in [0.1, 0.15) is 5.75 Å². The van der Waals surface area contributed by atoms with E-state index in [1.165, 1.54) is 12.8 Å². The van der Waals surface area contributed by atoms with Crippen molar-refractivity contribution in [2.24, 2.45) is 5.73 Å². The van der Waals surface area contributed by atoms with Crippen LogP contribution in [0, 0.1) is 0 Å². The number of nitrogens with two attached hydrogens (primary N) is 1. The molecule has 0 spiro atoms. The third-order valence-corrected chi connectivity index (χ3v) is 2.81. The van der Waals surface area contributed by atoms with Crippen LogP contribution in [0.5, 0.6) is 5.75 Å². The molecule has 0 heterocycles. The summed E-state index contributed by atoms with van der Waals surface area (Å²) in [4.78, 5) is 22.2. The number of amides is 3. The maximum Gasteiger partial charge on any atom is 0.319 e. The Balaban J connectivity index is 2.27. The highest BCUT2D eigenvalue weighted by atomic mass is 16.5. The summed E-state index contributed by atoms with van der Waals surface area (Å²) in [5, 5.41) is 5.53. The van der Waals surface area contributed by atoms with Crippen molar-refractivity contribution >= 4 is 17.6 Å². The van der Waals surface area contributed by atoms with Crippen LogP contribution in [0.4, 0.5) is 10.5 Å². The molecule has 0 saturated carbocycles. The van der Waals surface area contributed by atoms with Crippen LogP contribution in [0.3, 0.4) is 0 Å². The van der Waals surface area contributed by atoms with Gasteiger partial charge in [-0.25, -0.2) is 4.79 Å². The average Bonchev–Trinajstić information content (AvgIpc) is 2.46. The first kappa shape index (κ1) is 16.8. The molecule has 3 amide bonds. The fraction of sp³-hybridized carbons (Fsp3) is 0.467. The summed E-state index contributed by atoms with van der Waals surface area (Å²) in [6, 6.07) is 6.51. The van der Waals surface area contributed by atoms with E-state index >= 15 is 0 Å². The molecule has 0 unspecified atom stereocenters. The second-order valence-corrected chi connectivity index (χ2v) is 4.72. The van der Waals surface area contributed by atoms with Crippen molar-refractivity contribution in [1.82, 2.24) is 5.32 Å². The van der Waals surface area contributed by atoms with Gasteiger partial charge in [0.2, 0.25) is 0 Å². The van der Waals surface area contributed by atoms with Crippen molar-refractivity contribution in [2.75, 3.05) is 18.5 Å². The lowest BCUT2D eigenvalue weighted by atomic mass is 10.2. The summed E-state index contributed by atoms with van der Waals surface area (Å²) in [6.07, 6.45) is 4.48. The zero-order valence-electron chi connectivity index (χ0n) is 12.4. The lowest BCUT2D eigenvalue weighted by Crippen LogP contribution is -2.29. The van der Waals surface area contributed by atoms with Crippen LogP contribution in [0.25, 0.3) is 0 Å². The third-order valence-electron chi connectivity index (χ3n) is 2.81. The maximum absolute atomic E-state index is 11.6. The molecular weight excluding hydrogens is 270 g/mol. The predicted molar refractivity (Wildman–Crippen MR) is 82.3 cm³/mol. The van der Waals surface area contributed by atoms with Gasteiger partial charge < -0.3 is 21.1 Å². The molecule has 116 valence electrons. The molecule has 0 atom stereocenters. The zero-order valence-corrected chi connectivity index (χ0v) is 12.4. The van der Waals surface area contributed by atoms with Gasteiger partial charge in [-0.05, 0) is 30.7 Å². The number of hydrogen-bond acceptors (Lipinski definition) is 3. The third kappa shape index (κ3) is 7.81. The zero-order chi connectivity index (χ0) is 15.5. The summed E-state index contributed by atoms with van der Waals surface area (Å²) in [7, 11) is 0. The van der Waals surface area contributed by atoms with Crippen molar-refractivity contribution in [2.45, 2.75) is 32.6 Å². The molecule has 0 radical (unpaired) electrons. The summed E-state index contributed by atoms with van der Waals surface area (Å²) in [5.74, 6) is -0.000948. The van der Waals surface area contributed by atoms with Crippen LogP contribution in [-0.4, -0.2) is 25.1 Å². The minimum Gasteiger partial charge on any atom is -0.484 e. The Morgan fingerprint density at radius 3 is 2.48 bits per heavy atom. The highest BCUT2D eigenvalue weighted by Crippen LogP contribution is 2.15. The van der Waals surface area contributed by atoms with Crippen LogP contribution in [0.1, 0.15) is 32.6 Å². The van der Waals surface area contributed by atoms with Gasteiger partial charge in [0, 0.05) is 12.2 Å². The minimum atomic E-state index is -0.528. The largest absolute Gasteiger partial charge is 0.484 e. The maximum atomic E-state index is 11.6. The van der Waals surface area contributed by atoms with E-state index < -0.39 is 5.91 Å². The van der Waals surface area contributed by atoms with E-state index in [0.29, 0.717) is 18.0 Å². The molecule has 0 aliphatic carbocycles. The topological polar surface area (TPSA) is 93.4 Å². The van der Waals surface area contributed by atoms with Crippen molar-refractivity contribution in [3.63, 3.8) is 0 Å². The number of ether oxygens (including phenoxy) is 1. The van der Waals surface area contributed by atoms with Gasteiger partial charge in [-0.3, -0.25) is 4.79 Å². The number of benzene rings is 1. The van der Waals surface area contributed by atoms with Gasteiger partial charge in [-0.2, -0.15) is 0 Å². The van der Waals surface area contributed by atoms with Gasteiger partial charge in [0.05, 0.1) is 0 Å². The molecule has 0 aliphatic rings. The van der Waals surface area contributed by atoms with Crippen molar-refractivity contribution in [1.29, 1.82) is 0 Å². The summed E-state index contributed by atoms with van der Waals surface area (Å²) in [6.45, 7) is 2.66. The average molecular weight is 293 g/mol. The van der Waals surface area contributed by atoms with Crippen LogP contribution in [0.15, 0.2) is 24.3 Å². The van der Waals surface area contributed by atoms with Gasteiger partial charge in [-0.1, -0.05) is 26.2 Å². The van der Waals surface area contributed by atoms with Gasteiger partial charge >= 0.3 is 6.03 Å². The van der Waals surface area contributed by atoms with E-state index in [-0.39, 0.29) is 12.6 Å². The Morgan fingerprint density at radius 1 is 1.14 bits per heavy atom. The van der Waals surface area contributed by atoms with Crippen molar-refractivity contribution in [3.05, 3.63) is 24.3 Å². The number of carbonyl (C=O) groups excluding carboxylic acids is 2. The number of hydrogen-bond donors (Lipinski definition) is 3. The number of urea groups is 1. The van der Waals surface area contributed by atoms with Crippen molar-refractivity contribution < 1.29 is 14.3 Å². The van der Waals surface area contributed by atoms with Crippen LogP contribution < -0.4 is 21.1 Å².